The van der Waals surface area contributed by atoms with Gasteiger partial charge in [0.25, 0.3) is 5.91 Å². The minimum Gasteiger partial charge on any atom is -0.288 e. The van der Waals surface area contributed by atoms with Crippen LogP contribution in [0.2, 0.25) is 0 Å². The van der Waals surface area contributed by atoms with Gasteiger partial charge in [-0.25, -0.2) is 13.9 Å². The van der Waals surface area contributed by atoms with E-state index in [0.717, 1.165) is 10.4 Å². The number of hydroxylamine groups is 1. The molecule has 0 saturated carbocycles. The van der Waals surface area contributed by atoms with Crippen molar-refractivity contribution in [2.75, 3.05) is 5.75 Å². The largest absolute Gasteiger partial charge is 0.288 e. The molecule has 0 fully saturated rings. The van der Waals surface area contributed by atoms with Crippen LogP contribution < -0.4 is 5.48 Å². The van der Waals surface area contributed by atoms with E-state index in [-0.39, 0.29) is 5.75 Å². The lowest BCUT2D eigenvalue weighted by atomic mass is 10.3. The van der Waals surface area contributed by atoms with Gasteiger partial charge in [-0.15, -0.1) is 11.3 Å². The third-order valence-electron chi connectivity index (χ3n) is 2.74. The predicted octanol–water partition coefficient (Wildman–Crippen LogP) is 0.922. The van der Waals surface area contributed by atoms with Crippen molar-refractivity contribution in [1.29, 1.82) is 0 Å². The van der Waals surface area contributed by atoms with Crippen LogP contribution in [-0.2, 0) is 23.1 Å². The second-order valence-electron chi connectivity index (χ2n) is 4.08. The summed E-state index contributed by atoms with van der Waals surface area (Å²) in [4.78, 5) is 12.5. The van der Waals surface area contributed by atoms with Crippen LogP contribution in [-0.4, -0.2) is 29.6 Å². The average molecular weight is 290 g/mol. The summed E-state index contributed by atoms with van der Waals surface area (Å²) in [7, 11) is -3.20. The number of hydrogen-bond donors (Lipinski definition) is 2. The Morgan fingerprint density at radius 1 is 1.56 bits per heavy atom. The van der Waals surface area contributed by atoms with Gasteiger partial charge in [-0.1, -0.05) is 6.92 Å². The summed E-state index contributed by atoms with van der Waals surface area (Å²) in [5.41, 5.74) is 2.42. The second-order valence-corrected chi connectivity index (χ2v) is 7.31. The monoisotopic (exact) mass is 290 g/mol. The van der Waals surface area contributed by atoms with Gasteiger partial charge in [0.1, 0.15) is 0 Å². The molecule has 6 nitrogen and oxygen atoms in total. The Labute approximate surface area is 109 Å². The van der Waals surface area contributed by atoms with Crippen molar-refractivity contribution in [3.8, 4) is 0 Å². The maximum atomic E-state index is 11.9. The Morgan fingerprint density at radius 2 is 2.28 bits per heavy atom. The number of sulfonamides is 1. The molecule has 0 spiro atoms. The molecule has 0 unspecified atom stereocenters. The molecular weight excluding hydrogens is 276 g/mol. The summed E-state index contributed by atoms with van der Waals surface area (Å²) in [5, 5.41) is 8.53. The Bertz CT molecular complexity index is 541. The lowest BCUT2D eigenvalue weighted by molar-refractivity contribution is 0.0711. The molecule has 1 amide bonds. The minimum absolute atomic E-state index is 0.145. The van der Waals surface area contributed by atoms with Gasteiger partial charge in [0.05, 0.1) is 10.6 Å². The lowest BCUT2D eigenvalue weighted by Gasteiger charge is -2.14. The van der Waals surface area contributed by atoms with Crippen molar-refractivity contribution in [3.63, 3.8) is 0 Å². The SMILES string of the molecule is CCCS(=O)(=O)N1Cc2cc(C(=O)NO)sc2C1. The fourth-order valence-corrected chi connectivity index (χ4v) is 4.49. The number of thiophene rings is 1. The number of carbonyl (C=O) groups excluding carboxylic acids is 1. The van der Waals surface area contributed by atoms with Crippen LogP contribution >= 0.6 is 11.3 Å². The van der Waals surface area contributed by atoms with Crippen molar-refractivity contribution in [2.45, 2.75) is 26.4 Å². The molecule has 8 heteroatoms. The Kier molecular flexibility index (Phi) is 3.71. The van der Waals surface area contributed by atoms with Gasteiger partial charge in [0.2, 0.25) is 10.0 Å². The zero-order chi connectivity index (χ0) is 13.3. The van der Waals surface area contributed by atoms with Crippen LogP contribution in [0.1, 0.15) is 33.5 Å². The van der Waals surface area contributed by atoms with Crippen LogP contribution in [0.3, 0.4) is 0 Å². The standard InChI is InChI=1S/C10H14N2O4S2/c1-2-3-18(15,16)12-5-7-4-8(10(13)11-14)17-9(7)6-12/h4,14H,2-3,5-6H2,1H3,(H,11,13). The minimum atomic E-state index is -3.20. The van der Waals surface area contributed by atoms with E-state index in [1.807, 2.05) is 6.92 Å². The molecule has 0 aromatic carbocycles. The summed E-state index contributed by atoms with van der Waals surface area (Å²) in [6.45, 7) is 2.46. The molecule has 1 aromatic rings. The zero-order valence-corrected chi connectivity index (χ0v) is 11.5. The molecule has 0 atom stereocenters. The molecule has 18 heavy (non-hydrogen) atoms. The topological polar surface area (TPSA) is 86.7 Å². The molecule has 2 rings (SSSR count). The van der Waals surface area contributed by atoms with Gasteiger partial charge in [-0.05, 0) is 18.1 Å². The van der Waals surface area contributed by atoms with E-state index >= 15 is 0 Å². The van der Waals surface area contributed by atoms with Crippen LogP contribution in [0.15, 0.2) is 6.07 Å². The average Bonchev–Trinajstić information content (AvgIpc) is 2.85. The molecule has 1 aliphatic heterocycles. The fraction of sp³-hybridized carbons (Fsp3) is 0.500. The quantitative estimate of drug-likeness (QED) is 0.638. The van der Waals surface area contributed by atoms with Gasteiger partial charge >= 0.3 is 0 Å². The first-order chi connectivity index (χ1) is 8.47. The number of hydrogen-bond acceptors (Lipinski definition) is 5. The Hall–Kier alpha value is -0.960. The molecule has 2 heterocycles. The highest BCUT2D eigenvalue weighted by atomic mass is 32.2. The molecule has 1 aliphatic rings. The number of nitrogens with one attached hydrogen (secondary N) is 1. The molecule has 0 saturated heterocycles. The van der Waals surface area contributed by atoms with E-state index in [0.29, 0.717) is 24.4 Å². The molecule has 2 N–H and O–H groups in total. The molecule has 0 bridgehead atoms. The van der Waals surface area contributed by atoms with Crippen LogP contribution in [0.4, 0.5) is 0 Å². The van der Waals surface area contributed by atoms with E-state index in [1.54, 1.807) is 11.5 Å². The maximum Gasteiger partial charge on any atom is 0.284 e. The summed E-state index contributed by atoms with van der Waals surface area (Å²) < 4.78 is 25.2. The lowest BCUT2D eigenvalue weighted by Crippen LogP contribution is -2.28. The third kappa shape index (κ3) is 2.41. The van der Waals surface area contributed by atoms with E-state index in [2.05, 4.69) is 0 Å². The Balaban J connectivity index is 2.16. The smallest absolute Gasteiger partial charge is 0.284 e. The van der Waals surface area contributed by atoms with Gasteiger partial charge in [0.15, 0.2) is 0 Å². The van der Waals surface area contributed by atoms with Crippen LogP contribution in [0.5, 0.6) is 0 Å². The van der Waals surface area contributed by atoms with Gasteiger partial charge < -0.3 is 0 Å². The number of amides is 1. The van der Waals surface area contributed by atoms with Crippen molar-refractivity contribution < 1.29 is 18.4 Å². The van der Waals surface area contributed by atoms with Crippen molar-refractivity contribution in [3.05, 3.63) is 21.4 Å². The normalized spacial score (nSPS) is 15.7. The van der Waals surface area contributed by atoms with Gasteiger partial charge in [0, 0.05) is 18.0 Å². The highest BCUT2D eigenvalue weighted by Gasteiger charge is 2.30. The first-order valence-electron chi connectivity index (χ1n) is 5.51. The fourth-order valence-electron chi connectivity index (χ4n) is 1.89. The highest BCUT2D eigenvalue weighted by molar-refractivity contribution is 7.89. The van der Waals surface area contributed by atoms with Crippen molar-refractivity contribution in [2.24, 2.45) is 0 Å². The third-order valence-corrected chi connectivity index (χ3v) is 5.87. The molecule has 0 radical (unpaired) electrons. The predicted molar refractivity (Wildman–Crippen MR) is 66.9 cm³/mol. The van der Waals surface area contributed by atoms with E-state index < -0.39 is 15.9 Å². The summed E-state index contributed by atoms with van der Waals surface area (Å²) >= 11 is 1.21. The number of fused-ring (bicyclic) bond motifs is 1. The Morgan fingerprint density at radius 3 is 2.83 bits per heavy atom. The maximum absolute atomic E-state index is 11.9. The summed E-state index contributed by atoms with van der Waals surface area (Å²) in [5.74, 6) is -0.413. The zero-order valence-electron chi connectivity index (χ0n) is 9.84. The highest BCUT2D eigenvalue weighted by Crippen LogP contribution is 2.32. The summed E-state index contributed by atoms with van der Waals surface area (Å²) in [6, 6.07) is 1.63. The van der Waals surface area contributed by atoms with E-state index in [9.17, 15) is 13.2 Å². The first-order valence-corrected chi connectivity index (χ1v) is 7.94. The van der Waals surface area contributed by atoms with Crippen molar-refractivity contribution >= 4 is 27.3 Å². The molecule has 0 aliphatic carbocycles. The van der Waals surface area contributed by atoms with E-state index in [1.165, 1.54) is 15.6 Å². The summed E-state index contributed by atoms with van der Waals surface area (Å²) in [6.07, 6.45) is 0.588. The first kappa shape index (κ1) is 13.5. The molecule has 1 aromatic heterocycles. The van der Waals surface area contributed by atoms with Gasteiger partial charge in [-0.3, -0.25) is 10.0 Å². The van der Waals surface area contributed by atoms with Crippen molar-refractivity contribution in [1.82, 2.24) is 9.79 Å². The molecular formula is C10H14N2O4S2. The molecule has 100 valence electrons. The van der Waals surface area contributed by atoms with E-state index in [4.69, 9.17) is 5.21 Å². The second kappa shape index (κ2) is 4.96. The number of carbonyl (C=O) groups is 1. The number of rotatable bonds is 4. The van der Waals surface area contributed by atoms with Gasteiger partial charge in [-0.2, -0.15) is 4.31 Å². The number of nitrogens with zero attached hydrogens (tertiary/aromatic N) is 1. The van der Waals surface area contributed by atoms with Crippen LogP contribution in [0, 0.1) is 0 Å². The van der Waals surface area contributed by atoms with Crippen LogP contribution in [0.25, 0.3) is 0 Å².